The molecule has 0 aliphatic heterocycles. The average Bonchev–Trinajstić information content (AvgIpc) is 2.49. The molecule has 0 spiro atoms. The van der Waals surface area contributed by atoms with Crippen LogP contribution in [0, 0.1) is 6.92 Å². The van der Waals surface area contributed by atoms with E-state index in [0.29, 0.717) is 0 Å². The van der Waals surface area contributed by atoms with Crippen molar-refractivity contribution in [1.29, 1.82) is 0 Å². The Bertz CT molecular complexity index is 541. The summed E-state index contributed by atoms with van der Waals surface area (Å²) >= 11 is 0. The van der Waals surface area contributed by atoms with E-state index in [1.165, 1.54) is 5.56 Å². The van der Waals surface area contributed by atoms with Crippen LogP contribution in [-0.4, -0.2) is 23.6 Å². The molecule has 0 aliphatic carbocycles. The van der Waals surface area contributed by atoms with Gasteiger partial charge in [0.05, 0.1) is 0 Å². The summed E-state index contributed by atoms with van der Waals surface area (Å²) in [6.07, 6.45) is 0.827. The standard InChI is InChI=1S/C16H22N4/c1-5-14-18-15(17-4)11-16(19-14)20(6-2)13-9-7-12(3)8-10-13/h7-11H,5-6H2,1-4H3,(H,17,18,19). The molecule has 0 amide bonds. The highest BCUT2D eigenvalue weighted by molar-refractivity contribution is 5.62. The molecule has 1 N–H and O–H groups in total. The molecule has 0 aliphatic rings. The monoisotopic (exact) mass is 270 g/mol. The second kappa shape index (κ2) is 6.37. The number of nitrogens with zero attached hydrogens (tertiary/aromatic N) is 3. The lowest BCUT2D eigenvalue weighted by Crippen LogP contribution is -2.18. The van der Waals surface area contributed by atoms with E-state index >= 15 is 0 Å². The van der Waals surface area contributed by atoms with E-state index in [2.05, 4.69) is 65.2 Å². The zero-order valence-electron chi connectivity index (χ0n) is 12.6. The topological polar surface area (TPSA) is 41.1 Å². The predicted molar refractivity (Wildman–Crippen MR) is 84.8 cm³/mol. The van der Waals surface area contributed by atoms with Crippen LogP contribution >= 0.6 is 0 Å². The van der Waals surface area contributed by atoms with Gasteiger partial charge in [0.15, 0.2) is 0 Å². The third-order valence-corrected chi connectivity index (χ3v) is 3.27. The van der Waals surface area contributed by atoms with Crippen molar-refractivity contribution in [2.24, 2.45) is 0 Å². The van der Waals surface area contributed by atoms with E-state index in [1.807, 2.05) is 13.1 Å². The summed E-state index contributed by atoms with van der Waals surface area (Å²) in [7, 11) is 1.88. The molecule has 4 nitrogen and oxygen atoms in total. The van der Waals surface area contributed by atoms with E-state index in [9.17, 15) is 0 Å². The van der Waals surface area contributed by atoms with Crippen molar-refractivity contribution in [2.75, 3.05) is 23.8 Å². The van der Waals surface area contributed by atoms with Crippen LogP contribution in [0.25, 0.3) is 0 Å². The fourth-order valence-corrected chi connectivity index (χ4v) is 2.11. The zero-order chi connectivity index (χ0) is 14.5. The lowest BCUT2D eigenvalue weighted by atomic mass is 10.2. The minimum atomic E-state index is 0.827. The third kappa shape index (κ3) is 3.07. The molecule has 0 saturated heterocycles. The molecular weight excluding hydrogens is 248 g/mol. The minimum absolute atomic E-state index is 0.827. The van der Waals surface area contributed by atoms with Crippen LogP contribution in [0.4, 0.5) is 17.3 Å². The molecular formula is C16H22N4. The summed E-state index contributed by atoms with van der Waals surface area (Å²) in [6.45, 7) is 7.17. The zero-order valence-corrected chi connectivity index (χ0v) is 12.6. The number of hydrogen-bond acceptors (Lipinski definition) is 4. The van der Waals surface area contributed by atoms with Gasteiger partial charge < -0.3 is 10.2 Å². The highest BCUT2D eigenvalue weighted by Crippen LogP contribution is 2.25. The van der Waals surface area contributed by atoms with Gasteiger partial charge >= 0.3 is 0 Å². The molecule has 0 fully saturated rings. The van der Waals surface area contributed by atoms with Gasteiger partial charge in [-0.1, -0.05) is 24.6 Å². The molecule has 1 aromatic carbocycles. The van der Waals surface area contributed by atoms with Gasteiger partial charge in [-0.05, 0) is 26.0 Å². The van der Waals surface area contributed by atoms with Crippen molar-refractivity contribution < 1.29 is 0 Å². The lowest BCUT2D eigenvalue weighted by molar-refractivity contribution is 0.904. The molecule has 2 rings (SSSR count). The van der Waals surface area contributed by atoms with Gasteiger partial charge in [-0.25, -0.2) is 9.97 Å². The van der Waals surface area contributed by atoms with Crippen LogP contribution in [-0.2, 0) is 6.42 Å². The summed E-state index contributed by atoms with van der Waals surface area (Å²) in [6, 6.07) is 10.5. The van der Waals surface area contributed by atoms with Gasteiger partial charge in [-0.2, -0.15) is 0 Å². The summed E-state index contributed by atoms with van der Waals surface area (Å²) < 4.78 is 0. The fourth-order valence-electron chi connectivity index (χ4n) is 2.11. The van der Waals surface area contributed by atoms with Crippen LogP contribution in [0.2, 0.25) is 0 Å². The number of benzene rings is 1. The van der Waals surface area contributed by atoms with Crippen molar-refractivity contribution in [3.05, 3.63) is 41.7 Å². The Morgan fingerprint density at radius 1 is 1.10 bits per heavy atom. The first-order valence-electron chi connectivity index (χ1n) is 7.07. The smallest absolute Gasteiger partial charge is 0.138 e. The summed E-state index contributed by atoms with van der Waals surface area (Å²) in [5.41, 5.74) is 2.42. The molecule has 0 radical (unpaired) electrons. The first kappa shape index (κ1) is 14.3. The molecule has 106 valence electrons. The third-order valence-electron chi connectivity index (χ3n) is 3.27. The number of rotatable bonds is 5. The van der Waals surface area contributed by atoms with Gasteiger partial charge in [-0.3, -0.25) is 0 Å². The van der Waals surface area contributed by atoms with E-state index in [1.54, 1.807) is 0 Å². The molecule has 1 aromatic heterocycles. The number of aryl methyl sites for hydroxylation is 2. The van der Waals surface area contributed by atoms with E-state index < -0.39 is 0 Å². The van der Waals surface area contributed by atoms with Crippen LogP contribution in [0.5, 0.6) is 0 Å². The Hall–Kier alpha value is -2.10. The number of aromatic nitrogens is 2. The molecule has 0 bridgehead atoms. The van der Waals surface area contributed by atoms with Crippen molar-refractivity contribution >= 4 is 17.3 Å². The maximum absolute atomic E-state index is 4.64. The van der Waals surface area contributed by atoms with E-state index in [-0.39, 0.29) is 0 Å². The van der Waals surface area contributed by atoms with Crippen molar-refractivity contribution in [2.45, 2.75) is 27.2 Å². The molecule has 0 unspecified atom stereocenters. The Labute approximate surface area is 120 Å². The summed E-state index contributed by atoms with van der Waals surface area (Å²) in [5, 5.41) is 3.10. The van der Waals surface area contributed by atoms with Crippen LogP contribution in [0.1, 0.15) is 25.2 Å². The second-order valence-electron chi connectivity index (χ2n) is 4.71. The molecule has 0 saturated carbocycles. The molecule has 20 heavy (non-hydrogen) atoms. The molecule has 4 heteroatoms. The number of anilines is 3. The molecule has 2 aromatic rings. The first-order valence-corrected chi connectivity index (χ1v) is 7.07. The second-order valence-corrected chi connectivity index (χ2v) is 4.71. The van der Waals surface area contributed by atoms with Gasteiger partial charge in [-0.15, -0.1) is 0 Å². The van der Waals surface area contributed by atoms with E-state index in [0.717, 1.165) is 36.1 Å². The van der Waals surface area contributed by atoms with Crippen molar-refractivity contribution in [3.63, 3.8) is 0 Å². The number of hydrogen-bond donors (Lipinski definition) is 1. The predicted octanol–water partition coefficient (Wildman–Crippen LogP) is 3.55. The van der Waals surface area contributed by atoms with Crippen molar-refractivity contribution in [3.8, 4) is 0 Å². The molecule has 1 heterocycles. The van der Waals surface area contributed by atoms with E-state index in [4.69, 9.17) is 0 Å². The quantitative estimate of drug-likeness (QED) is 0.902. The Morgan fingerprint density at radius 3 is 2.35 bits per heavy atom. The van der Waals surface area contributed by atoms with Gasteiger partial charge in [0.2, 0.25) is 0 Å². The normalized spacial score (nSPS) is 10.4. The van der Waals surface area contributed by atoms with Crippen LogP contribution in [0.3, 0.4) is 0 Å². The Balaban J connectivity index is 2.42. The maximum atomic E-state index is 4.64. The summed E-state index contributed by atoms with van der Waals surface area (Å²) in [5.74, 6) is 2.65. The Morgan fingerprint density at radius 2 is 1.80 bits per heavy atom. The van der Waals surface area contributed by atoms with Crippen LogP contribution in [0.15, 0.2) is 30.3 Å². The van der Waals surface area contributed by atoms with Gasteiger partial charge in [0, 0.05) is 31.8 Å². The van der Waals surface area contributed by atoms with Crippen LogP contribution < -0.4 is 10.2 Å². The van der Waals surface area contributed by atoms with Gasteiger partial charge in [0.1, 0.15) is 17.5 Å². The highest BCUT2D eigenvalue weighted by Gasteiger charge is 2.11. The average molecular weight is 270 g/mol. The minimum Gasteiger partial charge on any atom is -0.373 e. The first-order chi connectivity index (χ1) is 9.67. The highest BCUT2D eigenvalue weighted by atomic mass is 15.2. The fraction of sp³-hybridized carbons (Fsp3) is 0.375. The lowest BCUT2D eigenvalue weighted by Gasteiger charge is -2.23. The largest absolute Gasteiger partial charge is 0.373 e. The van der Waals surface area contributed by atoms with Gasteiger partial charge in [0.25, 0.3) is 0 Å². The molecule has 0 atom stereocenters. The number of nitrogens with one attached hydrogen (secondary N) is 1. The Kier molecular flexibility index (Phi) is 4.56. The maximum Gasteiger partial charge on any atom is 0.138 e. The SMILES string of the molecule is CCc1nc(NC)cc(N(CC)c2ccc(C)cc2)n1. The summed E-state index contributed by atoms with van der Waals surface area (Å²) in [4.78, 5) is 11.3. The van der Waals surface area contributed by atoms with Crippen molar-refractivity contribution in [1.82, 2.24) is 9.97 Å².